The van der Waals surface area contributed by atoms with Gasteiger partial charge < -0.3 is 0 Å². The first kappa shape index (κ1) is 12.0. The first-order chi connectivity index (χ1) is 7.89. The first-order valence-electron chi connectivity index (χ1n) is 6.16. The number of aromatic nitrogens is 2. The molecule has 0 saturated carbocycles. The summed E-state index contributed by atoms with van der Waals surface area (Å²) in [5.74, 6) is 0.475. The Hall–Kier alpha value is -1.44. The maximum atomic E-state index is 4.81. The molecule has 0 bridgehead atoms. The van der Waals surface area contributed by atoms with Gasteiger partial charge in [0, 0.05) is 11.6 Å². The highest BCUT2D eigenvalue weighted by Crippen LogP contribution is 2.30. The Kier molecular flexibility index (Phi) is 2.90. The van der Waals surface area contributed by atoms with E-state index in [9.17, 15) is 0 Å². The predicted octanol–water partition coefficient (Wildman–Crippen LogP) is 4.05. The molecule has 0 fully saturated rings. The number of nitrogens with zero attached hydrogens (tertiary/aromatic N) is 2. The summed E-state index contributed by atoms with van der Waals surface area (Å²) in [6.45, 7) is 11.1. The van der Waals surface area contributed by atoms with Crippen LogP contribution in [0.3, 0.4) is 0 Å². The second-order valence-electron chi connectivity index (χ2n) is 5.87. The van der Waals surface area contributed by atoms with Crippen LogP contribution in [0.4, 0.5) is 0 Å². The van der Waals surface area contributed by atoms with E-state index < -0.39 is 0 Å². The molecule has 0 aliphatic heterocycles. The van der Waals surface area contributed by atoms with Gasteiger partial charge in [-0.1, -0.05) is 34.6 Å². The van der Waals surface area contributed by atoms with Crippen LogP contribution in [0, 0.1) is 0 Å². The number of hydrogen-bond acceptors (Lipinski definition) is 2. The zero-order valence-electron chi connectivity index (χ0n) is 11.3. The van der Waals surface area contributed by atoms with Crippen molar-refractivity contribution in [1.29, 1.82) is 0 Å². The minimum atomic E-state index is 0.0731. The summed E-state index contributed by atoms with van der Waals surface area (Å²) < 4.78 is 0. The first-order valence-corrected chi connectivity index (χ1v) is 6.16. The summed E-state index contributed by atoms with van der Waals surface area (Å²) in [5.41, 5.74) is 4.55. The van der Waals surface area contributed by atoms with Gasteiger partial charge in [0.2, 0.25) is 0 Å². The maximum Gasteiger partial charge on any atom is 0.0890 e. The summed E-state index contributed by atoms with van der Waals surface area (Å²) >= 11 is 0. The van der Waals surface area contributed by atoms with Crippen LogP contribution >= 0.6 is 0 Å². The number of rotatable bonds is 1. The SMILES string of the molecule is CC(C)c1cc2ncccc2nc1C(C)(C)C. The van der Waals surface area contributed by atoms with E-state index in [-0.39, 0.29) is 5.41 Å². The van der Waals surface area contributed by atoms with E-state index >= 15 is 0 Å². The average Bonchev–Trinajstić information content (AvgIpc) is 2.26. The molecule has 2 nitrogen and oxygen atoms in total. The number of pyridine rings is 2. The van der Waals surface area contributed by atoms with E-state index in [2.05, 4.69) is 45.7 Å². The lowest BCUT2D eigenvalue weighted by atomic mass is 9.84. The fourth-order valence-corrected chi connectivity index (χ4v) is 2.06. The van der Waals surface area contributed by atoms with Gasteiger partial charge >= 0.3 is 0 Å². The van der Waals surface area contributed by atoms with Gasteiger partial charge in [0.25, 0.3) is 0 Å². The van der Waals surface area contributed by atoms with E-state index in [4.69, 9.17) is 4.98 Å². The molecular weight excluding hydrogens is 208 g/mol. The largest absolute Gasteiger partial charge is 0.255 e. The molecule has 0 amide bonds. The predicted molar refractivity (Wildman–Crippen MR) is 72.3 cm³/mol. The average molecular weight is 228 g/mol. The summed E-state index contributed by atoms with van der Waals surface area (Å²) in [7, 11) is 0. The van der Waals surface area contributed by atoms with E-state index in [1.807, 2.05) is 18.3 Å². The standard InChI is InChI=1S/C15H20N2/c1-10(2)11-9-13-12(7-6-8-16-13)17-14(11)15(3,4)5/h6-10H,1-5H3. The zero-order chi connectivity index (χ0) is 12.6. The molecule has 0 aromatic carbocycles. The third-order valence-corrected chi connectivity index (χ3v) is 2.95. The van der Waals surface area contributed by atoms with Crippen LogP contribution in [0.1, 0.15) is 51.8 Å². The highest BCUT2D eigenvalue weighted by Gasteiger charge is 2.22. The molecule has 2 rings (SSSR count). The molecule has 2 aromatic heterocycles. The number of fused-ring (bicyclic) bond motifs is 1. The van der Waals surface area contributed by atoms with Crippen LogP contribution in [0.2, 0.25) is 0 Å². The summed E-state index contributed by atoms with van der Waals surface area (Å²) in [6.07, 6.45) is 1.82. The fourth-order valence-electron chi connectivity index (χ4n) is 2.06. The Morgan fingerprint density at radius 2 is 1.82 bits per heavy atom. The van der Waals surface area contributed by atoms with Gasteiger partial charge in [-0.05, 0) is 29.7 Å². The maximum absolute atomic E-state index is 4.81. The molecule has 17 heavy (non-hydrogen) atoms. The third kappa shape index (κ3) is 2.31. The van der Waals surface area contributed by atoms with Crippen molar-refractivity contribution in [2.75, 3.05) is 0 Å². The van der Waals surface area contributed by atoms with Gasteiger partial charge in [-0.3, -0.25) is 9.97 Å². The molecular formula is C15H20N2. The van der Waals surface area contributed by atoms with E-state index in [1.165, 1.54) is 11.3 Å². The topological polar surface area (TPSA) is 25.8 Å². The molecule has 2 heterocycles. The monoisotopic (exact) mass is 228 g/mol. The third-order valence-electron chi connectivity index (χ3n) is 2.95. The lowest BCUT2D eigenvalue weighted by Crippen LogP contribution is -2.17. The van der Waals surface area contributed by atoms with Crippen LogP contribution in [-0.2, 0) is 5.41 Å². The van der Waals surface area contributed by atoms with Crippen molar-refractivity contribution in [2.24, 2.45) is 0 Å². The molecule has 90 valence electrons. The van der Waals surface area contributed by atoms with Gasteiger partial charge in [-0.25, -0.2) is 0 Å². The van der Waals surface area contributed by atoms with Gasteiger partial charge in [0.15, 0.2) is 0 Å². The smallest absolute Gasteiger partial charge is 0.0890 e. The lowest BCUT2D eigenvalue weighted by molar-refractivity contribution is 0.558. The highest BCUT2D eigenvalue weighted by molar-refractivity contribution is 5.75. The van der Waals surface area contributed by atoms with Crippen LogP contribution in [0.15, 0.2) is 24.4 Å². The second kappa shape index (κ2) is 4.10. The fraction of sp³-hybridized carbons (Fsp3) is 0.467. The van der Waals surface area contributed by atoms with Crippen molar-refractivity contribution in [3.8, 4) is 0 Å². The molecule has 2 aromatic rings. The Morgan fingerprint density at radius 3 is 2.41 bits per heavy atom. The van der Waals surface area contributed by atoms with Crippen molar-refractivity contribution < 1.29 is 0 Å². The molecule has 0 saturated heterocycles. The molecule has 0 N–H and O–H groups in total. The van der Waals surface area contributed by atoms with Gasteiger partial charge in [0.05, 0.1) is 16.7 Å². The molecule has 0 unspecified atom stereocenters. The second-order valence-corrected chi connectivity index (χ2v) is 5.87. The van der Waals surface area contributed by atoms with Gasteiger partial charge in [-0.15, -0.1) is 0 Å². The normalized spacial score (nSPS) is 12.4. The van der Waals surface area contributed by atoms with Crippen molar-refractivity contribution in [2.45, 2.75) is 46.0 Å². The lowest BCUT2D eigenvalue weighted by Gasteiger charge is -2.23. The molecule has 0 aliphatic rings. The summed E-state index contributed by atoms with van der Waals surface area (Å²) in [5, 5.41) is 0. The van der Waals surface area contributed by atoms with Crippen LogP contribution in [0.5, 0.6) is 0 Å². The highest BCUT2D eigenvalue weighted by atomic mass is 14.8. The molecule has 2 heteroatoms. The van der Waals surface area contributed by atoms with Crippen molar-refractivity contribution >= 4 is 11.0 Å². The van der Waals surface area contributed by atoms with E-state index in [0.717, 1.165) is 11.0 Å². The zero-order valence-corrected chi connectivity index (χ0v) is 11.3. The van der Waals surface area contributed by atoms with Crippen molar-refractivity contribution in [1.82, 2.24) is 9.97 Å². The Morgan fingerprint density at radius 1 is 1.12 bits per heavy atom. The van der Waals surface area contributed by atoms with Gasteiger partial charge in [0.1, 0.15) is 0 Å². The Balaban J connectivity index is 2.75. The molecule has 0 spiro atoms. The quantitative estimate of drug-likeness (QED) is 0.736. The molecule has 0 aliphatic carbocycles. The Bertz CT molecular complexity index is 536. The molecule has 0 atom stereocenters. The number of hydrogen-bond donors (Lipinski definition) is 0. The van der Waals surface area contributed by atoms with Crippen molar-refractivity contribution in [3.63, 3.8) is 0 Å². The van der Waals surface area contributed by atoms with Crippen LogP contribution < -0.4 is 0 Å². The minimum Gasteiger partial charge on any atom is -0.255 e. The summed E-state index contributed by atoms with van der Waals surface area (Å²) in [4.78, 5) is 9.19. The molecule has 0 radical (unpaired) electrons. The van der Waals surface area contributed by atoms with E-state index in [0.29, 0.717) is 5.92 Å². The van der Waals surface area contributed by atoms with Crippen LogP contribution in [0.25, 0.3) is 11.0 Å². The van der Waals surface area contributed by atoms with E-state index in [1.54, 1.807) is 0 Å². The van der Waals surface area contributed by atoms with Crippen molar-refractivity contribution in [3.05, 3.63) is 35.7 Å². The van der Waals surface area contributed by atoms with Gasteiger partial charge in [-0.2, -0.15) is 0 Å². The Labute approximate surface area is 103 Å². The minimum absolute atomic E-state index is 0.0731. The summed E-state index contributed by atoms with van der Waals surface area (Å²) in [6, 6.07) is 6.16. The van der Waals surface area contributed by atoms with Crippen LogP contribution in [-0.4, -0.2) is 9.97 Å².